The number of aliphatic carboxylic acids is 1. The summed E-state index contributed by atoms with van der Waals surface area (Å²) in [6.07, 6.45) is 2.49. The third kappa shape index (κ3) is 3.75. The second kappa shape index (κ2) is 6.62. The van der Waals surface area contributed by atoms with Gasteiger partial charge in [0.1, 0.15) is 0 Å². The predicted octanol–water partition coefficient (Wildman–Crippen LogP) is 2.32. The summed E-state index contributed by atoms with van der Waals surface area (Å²) in [5, 5.41) is 22.7. The second-order valence-corrected chi connectivity index (χ2v) is 5.31. The molecule has 0 aromatic heterocycles. The number of nitrogens with one attached hydrogen (secondary N) is 1. The zero-order valence-corrected chi connectivity index (χ0v) is 11.4. The number of benzene rings is 1. The number of nitrogens with zero attached hydrogens (tertiary/aromatic N) is 1. The second-order valence-electron chi connectivity index (χ2n) is 5.31. The Morgan fingerprint density at radius 2 is 2.24 bits per heavy atom. The van der Waals surface area contributed by atoms with Gasteiger partial charge in [0.2, 0.25) is 5.82 Å². The van der Waals surface area contributed by atoms with Crippen LogP contribution >= 0.6 is 0 Å². The van der Waals surface area contributed by atoms with Crippen molar-refractivity contribution >= 4 is 11.7 Å². The molecule has 1 aliphatic rings. The highest BCUT2D eigenvalue weighted by Crippen LogP contribution is 2.31. The number of carbonyl (C=O) groups is 1. The minimum atomic E-state index is -0.858. The molecule has 114 valence electrons. The van der Waals surface area contributed by atoms with E-state index in [0.29, 0.717) is 25.1 Å². The zero-order chi connectivity index (χ0) is 15.4. The van der Waals surface area contributed by atoms with Gasteiger partial charge in [-0.25, -0.2) is 0 Å². The molecule has 2 N–H and O–H groups in total. The van der Waals surface area contributed by atoms with Crippen molar-refractivity contribution in [3.8, 4) is 0 Å². The van der Waals surface area contributed by atoms with Gasteiger partial charge in [-0.3, -0.25) is 14.9 Å². The van der Waals surface area contributed by atoms with Gasteiger partial charge in [0.25, 0.3) is 0 Å². The van der Waals surface area contributed by atoms with Crippen LogP contribution in [0.25, 0.3) is 0 Å². The van der Waals surface area contributed by atoms with Crippen molar-refractivity contribution in [3.63, 3.8) is 0 Å². The van der Waals surface area contributed by atoms with Gasteiger partial charge in [-0.15, -0.1) is 0 Å². The standard InChI is InChI=1S/C14H17FN2O4/c15-12-6-9(4-5-13(12)17(20)21)7-16-8-10-2-1-3-11(10)14(18)19/h4-6,10-11,16H,1-3,7-8H2,(H,18,19). The summed E-state index contributed by atoms with van der Waals surface area (Å²) >= 11 is 0. The van der Waals surface area contributed by atoms with Gasteiger partial charge in [0.05, 0.1) is 10.8 Å². The number of carboxylic acid groups (broad SMARTS) is 1. The largest absolute Gasteiger partial charge is 0.481 e. The summed E-state index contributed by atoms with van der Waals surface area (Å²) in [6.45, 7) is 0.910. The summed E-state index contributed by atoms with van der Waals surface area (Å²) < 4.78 is 13.4. The molecular weight excluding hydrogens is 279 g/mol. The summed E-state index contributed by atoms with van der Waals surface area (Å²) in [7, 11) is 0. The fraction of sp³-hybridized carbons (Fsp3) is 0.500. The highest BCUT2D eigenvalue weighted by Gasteiger charge is 2.32. The maximum Gasteiger partial charge on any atom is 0.306 e. The molecule has 2 rings (SSSR count). The number of nitro benzene ring substituents is 1. The molecule has 2 unspecified atom stereocenters. The Bertz CT molecular complexity index is 550. The van der Waals surface area contributed by atoms with Crippen molar-refractivity contribution in [2.24, 2.45) is 11.8 Å². The lowest BCUT2D eigenvalue weighted by atomic mass is 9.96. The SMILES string of the molecule is O=C(O)C1CCCC1CNCc1ccc([N+](=O)[O-])c(F)c1. The number of hydrogen-bond acceptors (Lipinski definition) is 4. The van der Waals surface area contributed by atoms with E-state index in [1.54, 1.807) is 0 Å². The molecule has 0 spiro atoms. The van der Waals surface area contributed by atoms with Crippen LogP contribution in [-0.2, 0) is 11.3 Å². The lowest BCUT2D eigenvalue weighted by Gasteiger charge is -2.16. The third-order valence-corrected chi connectivity index (χ3v) is 3.92. The number of hydrogen-bond donors (Lipinski definition) is 2. The van der Waals surface area contributed by atoms with Crippen LogP contribution in [0.5, 0.6) is 0 Å². The number of halogens is 1. The lowest BCUT2D eigenvalue weighted by molar-refractivity contribution is -0.387. The van der Waals surface area contributed by atoms with E-state index in [2.05, 4.69) is 5.32 Å². The van der Waals surface area contributed by atoms with Crippen LogP contribution in [-0.4, -0.2) is 22.5 Å². The molecule has 1 aromatic rings. The van der Waals surface area contributed by atoms with Crippen LogP contribution in [0.15, 0.2) is 18.2 Å². The van der Waals surface area contributed by atoms with Crippen LogP contribution in [0.3, 0.4) is 0 Å². The van der Waals surface area contributed by atoms with E-state index in [0.717, 1.165) is 25.0 Å². The smallest absolute Gasteiger partial charge is 0.306 e. The van der Waals surface area contributed by atoms with E-state index in [4.69, 9.17) is 5.11 Å². The molecule has 7 heteroatoms. The van der Waals surface area contributed by atoms with Crippen molar-refractivity contribution in [2.75, 3.05) is 6.54 Å². The Labute approximate surface area is 121 Å². The van der Waals surface area contributed by atoms with Crippen molar-refractivity contribution in [2.45, 2.75) is 25.8 Å². The molecule has 1 saturated carbocycles. The van der Waals surface area contributed by atoms with Crippen LogP contribution < -0.4 is 5.32 Å². The first-order valence-corrected chi connectivity index (χ1v) is 6.85. The quantitative estimate of drug-likeness (QED) is 0.621. The Morgan fingerprint density at radius 1 is 1.48 bits per heavy atom. The fourth-order valence-corrected chi connectivity index (χ4v) is 2.82. The van der Waals surface area contributed by atoms with Gasteiger partial charge in [-0.05, 0) is 36.9 Å². The van der Waals surface area contributed by atoms with Crippen LogP contribution in [0.4, 0.5) is 10.1 Å². The first kappa shape index (κ1) is 15.4. The van der Waals surface area contributed by atoms with Gasteiger partial charge in [0, 0.05) is 12.6 Å². The molecule has 0 amide bonds. The monoisotopic (exact) mass is 296 g/mol. The average Bonchev–Trinajstić information content (AvgIpc) is 2.87. The van der Waals surface area contributed by atoms with Crippen LogP contribution in [0.2, 0.25) is 0 Å². The van der Waals surface area contributed by atoms with E-state index in [1.165, 1.54) is 6.07 Å². The van der Waals surface area contributed by atoms with Gasteiger partial charge in [-0.1, -0.05) is 12.5 Å². The number of rotatable bonds is 6. The molecule has 21 heavy (non-hydrogen) atoms. The highest BCUT2D eigenvalue weighted by atomic mass is 19.1. The normalized spacial score (nSPS) is 21.4. The van der Waals surface area contributed by atoms with Crippen molar-refractivity contribution in [3.05, 3.63) is 39.7 Å². The fourth-order valence-electron chi connectivity index (χ4n) is 2.82. The predicted molar refractivity (Wildman–Crippen MR) is 73.2 cm³/mol. The molecule has 0 bridgehead atoms. The van der Waals surface area contributed by atoms with Gasteiger partial charge in [0.15, 0.2) is 0 Å². The Hall–Kier alpha value is -2.02. The average molecular weight is 296 g/mol. The summed E-state index contributed by atoms with van der Waals surface area (Å²) in [5.41, 5.74) is 0.0588. The van der Waals surface area contributed by atoms with Gasteiger partial charge < -0.3 is 10.4 Å². The van der Waals surface area contributed by atoms with E-state index in [1.807, 2.05) is 0 Å². The maximum absolute atomic E-state index is 13.4. The molecule has 6 nitrogen and oxygen atoms in total. The lowest BCUT2D eigenvalue weighted by Crippen LogP contribution is -2.28. The number of carboxylic acids is 1. The summed E-state index contributed by atoms with van der Waals surface area (Å²) in [4.78, 5) is 20.8. The Balaban J connectivity index is 1.87. The molecule has 0 radical (unpaired) electrons. The molecule has 0 saturated heterocycles. The van der Waals surface area contributed by atoms with E-state index < -0.39 is 22.4 Å². The van der Waals surface area contributed by atoms with E-state index in [9.17, 15) is 19.3 Å². The summed E-state index contributed by atoms with van der Waals surface area (Å²) in [6, 6.07) is 3.77. The molecule has 1 aromatic carbocycles. The first-order chi connectivity index (χ1) is 9.99. The Kier molecular flexibility index (Phi) is 4.85. The van der Waals surface area contributed by atoms with E-state index in [-0.39, 0.29) is 11.8 Å². The molecule has 1 aliphatic carbocycles. The van der Waals surface area contributed by atoms with Gasteiger partial charge in [-0.2, -0.15) is 4.39 Å². The molecule has 0 aliphatic heterocycles. The number of nitro groups is 1. The maximum atomic E-state index is 13.4. The summed E-state index contributed by atoms with van der Waals surface area (Å²) in [5.74, 6) is -1.85. The first-order valence-electron chi connectivity index (χ1n) is 6.85. The molecule has 0 heterocycles. The molecular formula is C14H17FN2O4. The van der Waals surface area contributed by atoms with Crippen molar-refractivity contribution in [1.29, 1.82) is 0 Å². The topological polar surface area (TPSA) is 92.5 Å². The van der Waals surface area contributed by atoms with E-state index >= 15 is 0 Å². The third-order valence-electron chi connectivity index (χ3n) is 3.92. The minimum absolute atomic E-state index is 0.0883. The van der Waals surface area contributed by atoms with Crippen molar-refractivity contribution < 1.29 is 19.2 Å². The highest BCUT2D eigenvalue weighted by molar-refractivity contribution is 5.70. The zero-order valence-electron chi connectivity index (χ0n) is 11.4. The van der Waals surface area contributed by atoms with Gasteiger partial charge >= 0.3 is 11.7 Å². The molecule has 1 fully saturated rings. The molecule has 2 atom stereocenters. The van der Waals surface area contributed by atoms with Crippen LogP contribution in [0.1, 0.15) is 24.8 Å². The Morgan fingerprint density at radius 3 is 2.86 bits per heavy atom. The van der Waals surface area contributed by atoms with Crippen molar-refractivity contribution in [1.82, 2.24) is 5.32 Å². The minimum Gasteiger partial charge on any atom is -0.481 e. The van der Waals surface area contributed by atoms with Crippen LogP contribution in [0, 0.1) is 27.8 Å².